The first-order valence-electron chi connectivity index (χ1n) is 8.19. The monoisotopic (exact) mass is 485 g/mol. The lowest BCUT2D eigenvalue weighted by atomic mass is 10.1. The molecular weight excluding hydrogens is 466 g/mol. The van der Waals surface area contributed by atoms with Crippen LogP contribution in [0.1, 0.15) is 24.5 Å². The van der Waals surface area contributed by atoms with E-state index >= 15 is 0 Å². The van der Waals surface area contributed by atoms with Crippen molar-refractivity contribution in [2.45, 2.75) is 26.4 Å². The number of ether oxygens (including phenoxy) is 2. The van der Waals surface area contributed by atoms with Crippen LogP contribution < -0.4 is 14.8 Å². The summed E-state index contributed by atoms with van der Waals surface area (Å²) in [6, 6.07) is 9.60. The van der Waals surface area contributed by atoms with Crippen LogP contribution in [0, 0.1) is 0 Å². The van der Waals surface area contributed by atoms with Crippen molar-refractivity contribution in [3.8, 4) is 11.5 Å². The van der Waals surface area contributed by atoms with Gasteiger partial charge in [0.05, 0.1) is 17.3 Å². The summed E-state index contributed by atoms with van der Waals surface area (Å²) in [4.78, 5) is 10.8. The molecule has 5 nitrogen and oxygen atoms in total. The maximum atomic E-state index is 10.8. The third-order valence-electron chi connectivity index (χ3n) is 3.79. The molecule has 2 aromatic rings. The van der Waals surface area contributed by atoms with E-state index in [0.29, 0.717) is 18.8 Å². The highest BCUT2D eigenvalue weighted by atomic mass is 79.9. The van der Waals surface area contributed by atoms with Gasteiger partial charge in [0.15, 0.2) is 0 Å². The summed E-state index contributed by atoms with van der Waals surface area (Å²) in [5, 5.41) is 12.1. The van der Waals surface area contributed by atoms with E-state index in [1.54, 1.807) is 7.11 Å². The summed E-state index contributed by atoms with van der Waals surface area (Å²) in [6.07, 6.45) is 0.535. The van der Waals surface area contributed by atoms with E-state index < -0.39 is 5.97 Å². The lowest BCUT2D eigenvalue weighted by Gasteiger charge is -2.16. The molecule has 0 spiro atoms. The first-order chi connectivity index (χ1) is 12.5. The molecule has 0 amide bonds. The lowest BCUT2D eigenvalue weighted by molar-refractivity contribution is -0.136. The number of methoxy groups -OCH3 is 1. The number of aryl methyl sites for hydroxylation is 1. The van der Waals surface area contributed by atoms with Crippen LogP contribution in [-0.2, 0) is 17.8 Å². The first-order valence-corrected chi connectivity index (χ1v) is 9.77. The summed E-state index contributed by atoms with van der Waals surface area (Å²) >= 11 is 7.04. The minimum absolute atomic E-state index is 0.0830. The maximum Gasteiger partial charge on any atom is 0.303 e. The van der Waals surface area contributed by atoms with Crippen LogP contribution in [0.15, 0.2) is 39.3 Å². The Labute approximate surface area is 170 Å². The van der Waals surface area contributed by atoms with Gasteiger partial charge in [-0.2, -0.15) is 0 Å². The zero-order chi connectivity index (χ0) is 19.1. The standard InChI is InChI=1S/C19H21Br2NO4/c1-3-22-14-6-4-5-13(19(14)25-2)11-26-15-9-7-12(8-10-16(23)24)17(20)18(15)21/h4-7,9,22H,3,8,10-11H2,1-2H3,(H,23,24). The average Bonchev–Trinajstić information content (AvgIpc) is 2.62. The number of hydrogen-bond acceptors (Lipinski definition) is 4. The number of halogens is 2. The largest absolute Gasteiger partial charge is 0.494 e. The number of carboxylic acid groups (broad SMARTS) is 1. The van der Waals surface area contributed by atoms with Gasteiger partial charge in [-0.3, -0.25) is 4.79 Å². The molecule has 26 heavy (non-hydrogen) atoms. The molecule has 2 aromatic carbocycles. The van der Waals surface area contributed by atoms with Crippen LogP contribution in [0.4, 0.5) is 5.69 Å². The van der Waals surface area contributed by atoms with E-state index in [4.69, 9.17) is 14.6 Å². The third-order valence-corrected chi connectivity index (χ3v) is 6.01. The molecule has 140 valence electrons. The van der Waals surface area contributed by atoms with Crippen LogP contribution >= 0.6 is 31.9 Å². The highest BCUT2D eigenvalue weighted by molar-refractivity contribution is 9.13. The van der Waals surface area contributed by atoms with Gasteiger partial charge in [-0.1, -0.05) is 18.2 Å². The Bertz CT molecular complexity index is 780. The van der Waals surface area contributed by atoms with Crippen molar-refractivity contribution in [3.63, 3.8) is 0 Å². The van der Waals surface area contributed by atoms with Crippen molar-refractivity contribution in [2.75, 3.05) is 19.0 Å². The number of para-hydroxylation sites is 1. The highest BCUT2D eigenvalue weighted by Gasteiger charge is 2.13. The van der Waals surface area contributed by atoms with Gasteiger partial charge in [0.1, 0.15) is 18.1 Å². The van der Waals surface area contributed by atoms with Gasteiger partial charge in [-0.05, 0) is 62.9 Å². The second kappa shape index (κ2) is 9.83. The van der Waals surface area contributed by atoms with Crippen molar-refractivity contribution in [3.05, 3.63) is 50.4 Å². The number of carbonyl (C=O) groups is 1. The molecule has 0 heterocycles. The van der Waals surface area contributed by atoms with E-state index in [2.05, 4.69) is 37.2 Å². The van der Waals surface area contributed by atoms with E-state index in [-0.39, 0.29) is 6.42 Å². The number of benzene rings is 2. The van der Waals surface area contributed by atoms with E-state index in [9.17, 15) is 4.79 Å². The topological polar surface area (TPSA) is 67.8 Å². The number of aliphatic carboxylic acids is 1. The summed E-state index contributed by atoms with van der Waals surface area (Å²) in [5.41, 5.74) is 2.78. The average molecular weight is 487 g/mol. The summed E-state index contributed by atoms with van der Waals surface area (Å²) in [6.45, 7) is 3.18. The molecule has 7 heteroatoms. The molecule has 2 rings (SSSR count). The minimum Gasteiger partial charge on any atom is -0.494 e. The molecule has 0 aliphatic rings. The van der Waals surface area contributed by atoms with Gasteiger partial charge in [-0.15, -0.1) is 0 Å². The normalized spacial score (nSPS) is 10.5. The Morgan fingerprint density at radius 3 is 2.58 bits per heavy atom. The Balaban J connectivity index is 2.16. The number of nitrogens with one attached hydrogen (secondary N) is 1. The highest BCUT2D eigenvalue weighted by Crippen LogP contribution is 2.37. The lowest BCUT2D eigenvalue weighted by Crippen LogP contribution is -2.04. The van der Waals surface area contributed by atoms with Crippen molar-refractivity contribution in [1.82, 2.24) is 0 Å². The quantitative estimate of drug-likeness (QED) is 0.506. The Morgan fingerprint density at radius 1 is 1.15 bits per heavy atom. The molecule has 0 aromatic heterocycles. The van der Waals surface area contributed by atoms with E-state index in [1.807, 2.05) is 37.3 Å². The zero-order valence-corrected chi connectivity index (χ0v) is 17.8. The van der Waals surface area contributed by atoms with Gasteiger partial charge >= 0.3 is 5.97 Å². The third kappa shape index (κ3) is 5.14. The molecule has 0 saturated carbocycles. The first kappa shape index (κ1) is 20.6. The number of hydrogen-bond donors (Lipinski definition) is 2. The van der Waals surface area contributed by atoms with Crippen molar-refractivity contribution < 1.29 is 19.4 Å². The smallest absolute Gasteiger partial charge is 0.303 e. The Kier molecular flexibility index (Phi) is 7.78. The fourth-order valence-corrected chi connectivity index (χ4v) is 3.57. The Morgan fingerprint density at radius 2 is 1.92 bits per heavy atom. The molecule has 0 fully saturated rings. The molecule has 2 N–H and O–H groups in total. The molecule has 0 unspecified atom stereocenters. The van der Waals surface area contributed by atoms with Crippen LogP contribution in [-0.4, -0.2) is 24.7 Å². The predicted molar refractivity (Wildman–Crippen MR) is 109 cm³/mol. The van der Waals surface area contributed by atoms with Gasteiger partial charge in [0.25, 0.3) is 0 Å². The van der Waals surface area contributed by atoms with Crippen molar-refractivity contribution in [1.29, 1.82) is 0 Å². The molecule has 0 saturated heterocycles. The summed E-state index contributed by atoms with van der Waals surface area (Å²) in [7, 11) is 1.64. The van der Waals surface area contributed by atoms with Crippen LogP contribution in [0.2, 0.25) is 0 Å². The molecular formula is C19H21Br2NO4. The van der Waals surface area contributed by atoms with E-state index in [1.165, 1.54) is 0 Å². The van der Waals surface area contributed by atoms with Crippen LogP contribution in [0.3, 0.4) is 0 Å². The fourth-order valence-electron chi connectivity index (χ4n) is 2.54. The van der Waals surface area contributed by atoms with Gasteiger partial charge in [0.2, 0.25) is 0 Å². The van der Waals surface area contributed by atoms with Crippen LogP contribution in [0.25, 0.3) is 0 Å². The predicted octanol–water partition coefficient (Wildman–Crippen LogP) is 5.25. The van der Waals surface area contributed by atoms with Crippen molar-refractivity contribution >= 4 is 43.5 Å². The van der Waals surface area contributed by atoms with Gasteiger partial charge < -0.3 is 19.9 Å². The maximum absolute atomic E-state index is 10.8. The number of anilines is 1. The number of carboxylic acids is 1. The van der Waals surface area contributed by atoms with Gasteiger partial charge in [-0.25, -0.2) is 0 Å². The molecule has 0 atom stereocenters. The van der Waals surface area contributed by atoms with Crippen molar-refractivity contribution in [2.24, 2.45) is 0 Å². The molecule has 0 radical (unpaired) electrons. The Hall–Kier alpha value is -1.73. The summed E-state index contributed by atoms with van der Waals surface area (Å²) < 4.78 is 13.1. The fraction of sp³-hybridized carbons (Fsp3) is 0.316. The number of rotatable bonds is 9. The second-order valence-electron chi connectivity index (χ2n) is 5.56. The molecule has 0 aliphatic heterocycles. The van der Waals surface area contributed by atoms with E-state index in [0.717, 1.165) is 38.1 Å². The van der Waals surface area contributed by atoms with Crippen LogP contribution in [0.5, 0.6) is 11.5 Å². The zero-order valence-electron chi connectivity index (χ0n) is 14.6. The SMILES string of the molecule is CCNc1cccc(COc2ccc(CCC(=O)O)c(Br)c2Br)c1OC. The molecule has 0 bridgehead atoms. The minimum atomic E-state index is -0.819. The summed E-state index contributed by atoms with van der Waals surface area (Å²) in [5.74, 6) is 0.621. The molecule has 0 aliphatic carbocycles. The van der Waals surface area contributed by atoms with Gasteiger partial charge in [0, 0.05) is 23.0 Å². The second-order valence-corrected chi connectivity index (χ2v) is 7.15.